The average Bonchev–Trinajstić information content (AvgIpc) is 2.86. The fourth-order valence-corrected chi connectivity index (χ4v) is 6.86. The van der Waals surface area contributed by atoms with Gasteiger partial charge in [-0.3, -0.25) is 9.52 Å². The fourth-order valence-electron chi connectivity index (χ4n) is 4.04. The first kappa shape index (κ1) is 27.1. The van der Waals surface area contributed by atoms with Crippen molar-refractivity contribution in [1.29, 1.82) is 0 Å². The van der Waals surface area contributed by atoms with Crippen molar-refractivity contribution in [2.24, 2.45) is 5.92 Å². The van der Waals surface area contributed by atoms with Gasteiger partial charge in [0, 0.05) is 24.3 Å². The van der Waals surface area contributed by atoms with E-state index in [0.717, 1.165) is 12.8 Å². The van der Waals surface area contributed by atoms with Crippen molar-refractivity contribution in [2.45, 2.75) is 36.5 Å². The molecule has 1 amide bonds. The number of sulfonamides is 2. The molecule has 0 spiro atoms. The second-order valence-electron chi connectivity index (χ2n) is 9.13. The molecule has 196 valence electrons. The second-order valence-corrected chi connectivity index (χ2v) is 13.2. The molecule has 2 N–H and O–H groups in total. The summed E-state index contributed by atoms with van der Waals surface area (Å²) in [7, 11) is -7.61. The Kier molecular flexibility index (Phi) is 7.94. The average molecular weight is 562 g/mol. The molecule has 1 fully saturated rings. The summed E-state index contributed by atoms with van der Waals surface area (Å²) >= 11 is 6.05. The van der Waals surface area contributed by atoms with Crippen molar-refractivity contribution in [3.05, 3.63) is 82.9 Å². The van der Waals surface area contributed by atoms with Gasteiger partial charge in [-0.1, -0.05) is 36.7 Å². The maximum absolute atomic E-state index is 13.1. The van der Waals surface area contributed by atoms with Crippen LogP contribution >= 0.6 is 11.6 Å². The molecule has 0 bridgehead atoms. The molecule has 3 aromatic rings. The van der Waals surface area contributed by atoms with Gasteiger partial charge in [-0.2, -0.15) is 4.31 Å². The lowest BCUT2D eigenvalue weighted by Gasteiger charge is -2.29. The van der Waals surface area contributed by atoms with Crippen molar-refractivity contribution in [3.63, 3.8) is 0 Å². The number of rotatable bonds is 7. The first-order valence-electron chi connectivity index (χ1n) is 11.8. The summed E-state index contributed by atoms with van der Waals surface area (Å²) in [5.74, 6) is -0.00859. The van der Waals surface area contributed by atoms with E-state index in [9.17, 15) is 21.6 Å². The topological polar surface area (TPSA) is 113 Å². The number of carbonyl (C=O) groups excluding carboxylic acids is 1. The summed E-state index contributed by atoms with van der Waals surface area (Å²) in [6, 6.07) is 16.7. The van der Waals surface area contributed by atoms with Gasteiger partial charge in [-0.05, 0) is 79.8 Å². The van der Waals surface area contributed by atoms with Gasteiger partial charge in [-0.25, -0.2) is 16.8 Å². The smallest absolute Gasteiger partial charge is 0.261 e. The number of para-hydroxylation sites is 1. The summed E-state index contributed by atoms with van der Waals surface area (Å²) in [6.45, 7) is 4.75. The van der Waals surface area contributed by atoms with Crippen LogP contribution in [0.3, 0.4) is 0 Å². The third kappa shape index (κ3) is 6.15. The Morgan fingerprint density at radius 3 is 2.19 bits per heavy atom. The van der Waals surface area contributed by atoms with E-state index in [-0.39, 0.29) is 26.1 Å². The maximum atomic E-state index is 13.1. The van der Waals surface area contributed by atoms with E-state index in [2.05, 4.69) is 17.0 Å². The van der Waals surface area contributed by atoms with E-state index in [1.165, 1.54) is 40.7 Å². The Labute approximate surface area is 222 Å². The SMILES string of the molecule is Cc1ccc(S(=O)(=O)N2CCC(C)CC2)cc1C(=O)Nc1ccc(S(=O)(=O)Nc2ccccc2Cl)cc1. The first-order valence-corrected chi connectivity index (χ1v) is 15.1. The van der Waals surface area contributed by atoms with E-state index >= 15 is 0 Å². The monoisotopic (exact) mass is 561 g/mol. The summed E-state index contributed by atoms with van der Waals surface area (Å²) < 4.78 is 55.6. The van der Waals surface area contributed by atoms with Crippen LogP contribution in [0.15, 0.2) is 76.5 Å². The Balaban J connectivity index is 1.50. The molecule has 0 unspecified atom stereocenters. The van der Waals surface area contributed by atoms with Gasteiger partial charge in [0.25, 0.3) is 15.9 Å². The normalized spacial score (nSPS) is 15.3. The number of amides is 1. The number of carbonyl (C=O) groups is 1. The molecule has 37 heavy (non-hydrogen) atoms. The molecule has 11 heteroatoms. The molecular weight excluding hydrogens is 534 g/mol. The van der Waals surface area contributed by atoms with Crippen molar-refractivity contribution >= 4 is 48.9 Å². The number of nitrogens with zero attached hydrogens (tertiary/aromatic N) is 1. The van der Waals surface area contributed by atoms with Crippen LogP contribution in [0.2, 0.25) is 5.02 Å². The molecule has 0 saturated carbocycles. The van der Waals surface area contributed by atoms with E-state index in [1.54, 1.807) is 37.3 Å². The zero-order valence-corrected chi connectivity index (χ0v) is 22.8. The number of hydrogen-bond donors (Lipinski definition) is 2. The quantitative estimate of drug-likeness (QED) is 0.415. The van der Waals surface area contributed by atoms with Crippen molar-refractivity contribution in [2.75, 3.05) is 23.1 Å². The standard InChI is InChI=1S/C26H28ClN3O5S2/c1-18-13-15-30(16-14-18)37(34,35)22-10-7-19(2)23(17-22)26(31)28-20-8-11-21(12-9-20)36(32,33)29-25-6-4-3-5-24(25)27/h3-12,17-18,29H,13-16H2,1-2H3,(H,28,31). The van der Waals surface area contributed by atoms with E-state index < -0.39 is 26.0 Å². The van der Waals surface area contributed by atoms with Crippen molar-refractivity contribution in [1.82, 2.24) is 4.31 Å². The third-order valence-electron chi connectivity index (χ3n) is 6.37. The van der Waals surface area contributed by atoms with Crippen LogP contribution in [0.5, 0.6) is 0 Å². The Hall–Kier alpha value is -2.92. The highest BCUT2D eigenvalue weighted by atomic mass is 35.5. The molecule has 1 saturated heterocycles. The zero-order valence-electron chi connectivity index (χ0n) is 20.4. The van der Waals surface area contributed by atoms with Gasteiger partial charge in [0.15, 0.2) is 0 Å². The highest BCUT2D eigenvalue weighted by Gasteiger charge is 2.29. The molecule has 0 aromatic heterocycles. The summed E-state index contributed by atoms with van der Waals surface area (Å²) in [5.41, 5.74) is 1.46. The highest BCUT2D eigenvalue weighted by molar-refractivity contribution is 7.92. The number of halogens is 1. The van der Waals surface area contributed by atoms with Crippen LogP contribution in [-0.2, 0) is 20.0 Å². The van der Waals surface area contributed by atoms with Gasteiger partial charge in [0.1, 0.15) is 0 Å². The third-order valence-corrected chi connectivity index (χ3v) is 9.98. The van der Waals surface area contributed by atoms with Gasteiger partial charge in [0.2, 0.25) is 10.0 Å². The zero-order chi connectivity index (χ0) is 26.8. The molecule has 0 aliphatic carbocycles. The van der Waals surface area contributed by atoms with Crippen LogP contribution in [0.25, 0.3) is 0 Å². The van der Waals surface area contributed by atoms with Crippen molar-refractivity contribution in [3.8, 4) is 0 Å². The number of benzene rings is 3. The van der Waals surface area contributed by atoms with Gasteiger partial charge >= 0.3 is 0 Å². The molecule has 4 rings (SSSR count). The molecule has 1 aliphatic rings. The molecular formula is C26H28ClN3O5S2. The maximum Gasteiger partial charge on any atom is 0.261 e. The second kappa shape index (κ2) is 10.8. The Morgan fingerprint density at radius 1 is 0.919 bits per heavy atom. The lowest BCUT2D eigenvalue weighted by molar-refractivity contribution is 0.102. The van der Waals surface area contributed by atoms with Gasteiger partial charge < -0.3 is 5.32 Å². The number of hydrogen-bond acceptors (Lipinski definition) is 5. The Bertz CT molecular complexity index is 1520. The number of aryl methyl sites for hydroxylation is 1. The van der Waals surface area contributed by atoms with Crippen molar-refractivity contribution < 1.29 is 21.6 Å². The van der Waals surface area contributed by atoms with Gasteiger partial charge in [-0.15, -0.1) is 0 Å². The molecule has 0 atom stereocenters. The minimum atomic E-state index is -3.89. The number of anilines is 2. The molecule has 3 aromatic carbocycles. The van der Waals surface area contributed by atoms with Crippen LogP contribution in [0, 0.1) is 12.8 Å². The van der Waals surface area contributed by atoms with E-state index in [4.69, 9.17) is 11.6 Å². The number of nitrogens with one attached hydrogen (secondary N) is 2. The lowest BCUT2D eigenvalue weighted by Crippen LogP contribution is -2.38. The molecule has 0 radical (unpaired) electrons. The summed E-state index contributed by atoms with van der Waals surface area (Å²) in [4.78, 5) is 13.1. The Morgan fingerprint density at radius 2 is 1.54 bits per heavy atom. The van der Waals surface area contributed by atoms with E-state index in [0.29, 0.717) is 30.3 Å². The minimum absolute atomic E-state index is 0.00876. The first-order chi connectivity index (χ1) is 17.5. The van der Waals surface area contributed by atoms with Crippen LogP contribution in [0.1, 0.15) is 35.7 Å². The predicted octanol–water partition coefficient (Wildman–Crippen LogP) is 5.12. The largest absolute Gasteiger partial charge is 0.322 e. The van der Waals surface area contributed by atoms with Crippen LogP contribution in [-0.4, -0.2) is 40.1 Å². The highest BCUT2D eigenvalue weighted by Crippen LogP contribution is 2.27. The minimum Gasteiger partial charge on any atom is -0.322 e. The summed E-state index contributed by atoms with van der Waals surface area (Å²) in [6.07, 6.45) is 1.61. The predicted molar refractivity (Wildman–Crippen MR) is 145 cm³/mol. The van der Waals surface area contributed by atoms with E-state index in [1.807, 2.05) is 0 Å². The number of piperidine rings is 1. The molecule has 1 heterocycles. The van der Waals surface area contributed by atoms with Crippen LogP contribution in [0.4, 0.5) is 11.4 Å². The molecule has 8 nitrogen and oxygen atoms in total. The van der Waals surface area contributed by atoms with Gasteiger partial charge in [0.05, 0.1) is 20.5 Å². The lowest BCUT2D eigenvalue weighted by atomic mass is 10.0. The summed E-state index contributed by atoms with van der Waals surface area (Å²) in [5, 5.41) is 2.98. The fraction of sp³-hybridized carbons (Fsp3) is 0.269. The molecule has 1 aliphatic heterocycles. The van der Waals surface area contributed by atoms with Crippen LogP contribution < -0.4 is 10.0 Å².